The van der Waals surface area contributed by atoms with Crippen molar-refractivity contribution in [2.75, 3.05) is 17.6 Å². The minimum atomic E-state index is 0.417. The highest BCUT2D eigenvalue weighted by Crippen LogP contribution is 2.36. The SMILES string of the molecule is CCCc1nn(C)c(NCC2(C)CCCCC2)c1N. The van der Waals surface area contributed by atoms with Crippen molar-refractivity contribution in [3.63, 3.8) is 0 Å². The van der Waals surface area contributed by atoms with Crippen molar-refractivity contribution in [3.8, 4) is 0 Å². The van der Waals surface area contributed by atoms with Gasteiger partial charge in [0.2, 0.25) is 0 Å². The molecule has 1 aliphatic carbocycles. The maximum Gasteiger partial charge on any atom is 0.147 e. The molecule has 0 radical (unpaired) electrons. The number of anilines is 2. The highest BCUT2D eigenvalue weighted by atomic mass is 15.3. The van der Waals surface area contributed by atoms with Gasteiger partial charge in [-0.3, -0.25) is 4.68 Å². The normalized spacial score (nSPS) is 18.5. The minimum Gasteiger partial charge on any atom is -0.394 e. The van der Waals surface area contributed by atoms with Crippen molar-refractivity contribution in [2.24, 2.45) is 12.5 Å². The summed E-state index contributed by atoms with van der Waals surface area (Å²) in [4.78, 5) is 0. The van der Waals surface area contributed by atoms with Crippen LogP contribution in [-0.2, 0) is 13.5 Å². The van der Waals surface area contributed by atoms with Crippen LogP contribution in [-0.4, -0.2) is 16.3 Å². The first-order valence-electron chi connectivity index (χ1n) is 7.61. The van der Waals surface area contributed by atoms with Crippen LogP contribution in [0.15, 0.2) is 0 Å². The molecule has 0 spiro atoms. The molecule has 0 atom stereocenters. The van der Waals surface area contributed by atoms with Gasteiger partial charge in [0.15, 0.2) is 0 Å². The van der Waals surface area contributed by atoms with Crippen LogP contribution in [0.2, 0.25) is 0 Å². The van der Waals surface area contributed by atoms with E-state index in [1.165, 1.54) is 32.1 Å². The molecule has 19 heavy (non-hydrogen) atoms. The largest absolute Gasteiger partial charge is 0.394 e. The topological polar surface area (TPSA) is 55.9 Å². The molecule has 1 aromatic heterocycles. The Hall–Kier alpha value is -1.19. The molecule has 0 amide bonds. The van der Waals surface area contributed by atoms with Gasteiger partial charge in [0, 0.05) is 13.6 Å². The van der Waals surface area contributed by atoms with Crippen LogP contribution >= 0.6 is 0 Å². The van der Waals surface area contributed by atoms with Crippen LogP contribution in [0.25, 0.3) is 0 Å². The second-order valence-corrected chi connectivity index (χ2v) is 6.31. The van der Waals surface area contributed by atoms with Gasteiger partial charge in [0.05, 0.1) is 11.4 Å². The van der Waals surface area contributed by atoms with Crippen molar-refractivity contribution >= 4 is 11.5 Å². The predicted octanol–water partition coefficient (Wildman–Crippen LogP) is 3.34. The lowest BCUT2D eigenvalue weighted by molar-refractivity contribution is 0.233. The summed E-state index contributed by atoms with van der Waals surface area (Å²) in [5.74, 6) is 0.996. The molecule has 2 rings (SSSR count). The van der Waals surface area contributed by atoms with E-state index in [4.69, 9.17) is 5.73 Å². The number of aromatic nitrogens is 2. The second-order valence-electron chi connectivity index (χ2n) is 6.31. The fourth-order valence-corrected chi connectivity index (χ4v) is 3.11. The van der Waals surface area contributed by atoms with Crippen LogP contribution in [0.1, 0.15) is 58.1 Å². The molecule has 0 bridgehead atoms. The van der Waals surface area contributed by atoms with Crippen LogP contribution < -0.4 is 11.1 Å². The molecule has 0 unspecified atom stereocenters. The zero-order chi connectivity index (χ0) is 13.9. The number of nitrogens with zero attached hydrogens (tertiary/aromatic N) is 2. The third-order valence-electron chi connectivity index (χ3n) is 4.39. The zero-order valence-electron chi connectivity index (χ0n) is 12.6. The van der Waals surface area contributed by atoms with Crippen LogP contribution in [0, 0.1) is 5.41 Å². The monoisotopic (exact) mass is 264 g/mol. The van der Waals surface area contributed by atoms with Gasteiger partial charge in [0.1, 0.15) is 5.82 Å². The fourth-order valence-electron chi connectivity index (χ4n) is 3.11. The first-order chi connectivity index (χ1) is 9.06. The number of nitrogens with two attached hydrogens (primary N) is 1. The van der Waals surface area contributed by atoms with E-state index >= 15 is 0 Å². The number of hydrogen-bond acceptors (Lipinski definition) is 3. The zero-order valence-corrected chi connectivity index (χ0v) is 12.6. The van der Waals surface area contributed by atoms with E-state index in [1.54, 1.807) is 0 Å². The molecule has 108 valence electrons. The molecule has 3 N–H and O–H groups in total. The Morgan fingerprint density at radius 3 is 2.63 bits per heavy atom. The summed E-state index contributed by atoms with van der Waals surface area (Å²) >= 11 is 0. The summed E-state index contributed by atoms with van der Waals surface area (Å²) in [6, 6.07) is 0. The molecule has 1 saturated carbocycles. The molecule has 4 heteroatoms. The summed E-state index contributed by atoms with van der Waals surface area (Å²) < 4.78 is 1.90. The van der Waals surface area contributed by atoms with Crippen molar-refractivity contribution in [1.82, 2.24) is 9.78 Å². The lowest BCUT2D eigenvalue weighted by Crippen LogP contribution is -2.29. The van der Waals surface area contributed by atoms with Gasteiger partial charge >= 0.3 is 0 Å². The summed E-state index contributed by atoms with van der Waals surface area (Å²) in [7, 11) is 1.97. The average molecular weight is 264 g/mol. The van der Waals surface area contributed by atoms with Crippen LogP contribution in [0.5, 0.6) is 0 Å². The molecular formula is C15H28N4. The van der Waals surface area contributed by atoms with Gasteiger partial charge in [-0.05, 0) is 24.7 Å². The molecule has 1 heterocycles. The number of nitrogens with one attached hydrogen (secondary N) is 1. The van der Waals surface area contributed by atoms with E-state index in [2.05, 4.69) is 24.3 Å². The van der Waals surface area contributed by atoms with Crippen LogP contribution in [0.4, 0.5) is 11.5 Å². The van der Waals surface area contributed by atoms with Gasteiger partial charge < -0.3 is 11.1 Å². The summed E-state index contributed by atoms with van der Waals surface area (Å²) in [5.41, 5.74) is 8.49. The lowest BCUT2D eigenvalue weighted by atomic mass is 9.76. The molecule has 0 aromatic carbocycles. The number of aryl methyl sites for hydroxylation is 2. The van der Waals surface area contributed by atoms with E-state index in [1.807, 2.05) is 11.7 Å². The Kier molecular flexibility index (Phi) is 4.38. The Bertz CT molecular complexity index is 416. The summed E-state index contributed by atoms with van der Waals surface area (Å²) in [5, 5.41) is 8.06. The fraction of sp³-hybridized carbons (Fsp3) is 0.800. The quantitative estimate of drug-likeness (QED) is 0.857. The molecule has 0 aliphatic heterocycles. The third kappa shape index (κ3) is 3.23. The van der Waals surface area contributed by atoms with Crippen molar-refractivity contribution < 1.29 is 0 Å². The number of rotatable bonds is 5. The maximum atomic E-state index is 6.20. The Morgan fingerprint density at radius 2 is 2.00 bits per heavy atom. The molecular weight excluding hydrogens is 236 g/mol. The minimum absolute atomic E-state index is 0.417. The Balaban J connectivity index is 2.02. The molecule has 4 nitrogen and oxygen atoms in total. The van der Waals surface area contributed by atoms with Gasteiger partial charge in [-0.1, -0.05) is 39.5 Å². The average Bonchev–Trinajstić information content (AvgIpc) is 2.64. The van der Waals surface area contributed by atoms with Crippen molar-refractivity contribution in [2.45, 2.75) is 58.8 Å². The van der Waals surface area contributed by atoms with Gasteiger partial charge in [-0.25, -0.2) is 0 Å². The Morgan fingerprint density at radius 1 is 1.32 bits per heavy atom. The number of hydrogen-bond donors (Lipinski definition) is 2. The second kappa shape index (κ2) is 5.85. The highest BCUT2D eigenvalue weighted by molar-refractivity contribution is 5.65. The van der Waals surface area contributed by atoms with E-state index < -0.39 is 0 Å². The number of nitrogen functional groups attached to an aromatic ring is 1. The van der Waals surface area contributed by atoms with E-state index in [0.29, 0.717) is 5.41 Å². The predicted molar refractivity (Wildman–Crippen MR) is 81.3 cm³/mol. The Labute approximate surface area is 116 Å². The van der Waals surface area contributed by atoms with Crippen LogP contribution in [0.3, 0.4) is 0 Å². The molecule has 1 aliphatic rings. The molecule has 0 saturated heterocycles. The van der Waals surface area contributed by atoms with Crippen molar-refractivity contribution in [3.05, 3.63) is 5.69 Å². The molecule has 1 fully saturated rings. The van der Waals surface area contributed by atoms with Gasteiger partial charge in [-0.2, -0.15) is 5.10 Å². The molecule has 1 aromatic rings. The van der Waals surface area contributed by atoms with Crippen molar-refractivity contribution in [1.29, 1.82) is 0 Å². The first-order valence-corrected chi connectivity index (χ1v) is 7.61. The van der Waals surface area contributed by atoms with E-state index in [0.717, 1.165) is 36.6 Å². The highest BCUT2D eigenvalue weighted by Gasteiger charge is 2.27. The van der Waals surface area contributed by atoms with Gasteiger partial charge in [-0.15, -0.1) is 0 Å². The van der Waals surface area contributed by atoms with E-state index in [-0.39, 0.29) is 0 Å². The van der Waals surface area contributed by atoms with Gasteiger partial charge in [0.25, 0.3) is 0 Å². The third-order valence-corrected chi connectivity index (χ3v) is 4.39. The summed E-state index contributed by atoms with van der Waals surface area (Å²) in [6.07, 6.45) is 8.79. The smallest absolute Gasteiger partial charge is 0.147 e. The first kappa shape index (κ1) is 14.2. The standard InChI is InChI=1S/C15H28N4/c1-4-8-12-13(16)14(19(3)18-12)17-11-15(2)9-6-5-7-10-15/h17H,4-11,16H2,1-3H3. The maximum absolute atomic E-state index is 6.20. The van der Waals surface area contributed by atoms with E-state index in [9.17, 15) is 0 Å². The lowest BCUT2D eigenvalue weighted by Gasteiger charge is -2.34. The summed E-state index contributed by atoms with van der Waals surface area (Å²) in [6.45, 7) is 5.55.